The van der Waals surface area contributed by atoms with Gasteiger partial charge < -0.3 is 20.3 Å². The largest absolute Gasteiger partial charge is 0.434 e. The minimum Gasteiger partial charge on any atom is -0.434 e. The highest BCUT2D eigenvalue weighted by atomic mass is 35.5. The van der Waals surface area contributed by atoms with Gasteiger partial charge in [-0.2, -0.15) is 19.0 Å². The van der Waals surface area contributed by atoms with Crippen LogP contribution in [0.3, 0.4) is 0 Å². The lowest BCUT2D eigenvalue weighted by molar-refractivity contribution is -0.134. The quantitative estimate of drug-likeness (QED) is 0.280. The third-order valence-electron chi connectivity index (χ3n) is 8.37. The normalized spacial score (nSPS) is 17.5. The average Bonchev–Trinajstić information content (AvgIpc) is 3.80. The van der Waals surface area contributed by atoms with Gasteiger partial charge in [-0.3, -0.25) is 24.0 Å². The number of amides is 3. The Kier molecular flexibility index (Phi) is 9.12. The number of nitrogens with one attached hydrogen (secondary N) is 2. The van der Waals surface area contributed by atoms with Gasteiger partial charge >= 0.3 is 6.61 Å². The van der Waals surface area contributed by atoms with Crippen LogP contribution in [0.5, 0.6) is 5.75 Å². The van der Waals surface area contributed by atoms with Crippen molar-refractivity contribution >= 4 is 40.7 Å². The number of fused-ring (bicyclic) bond motifs is 1. The predicted octanol–water partition coefficient (Wildman–Crippen LogP) is 3.30. The van der Waals surface area contributed by atoms with E-state index in [2.05, 4.69) is 30.7 Å². The van der Waals surface area contributed by atoms with Gasteiger partial charge in [0.05, 0.1) is 17.9 Å². The van der Waals surface area contributed by atoms with Gasteiger partial charge in [0, 0.05) is 55.4 Å². The van der Waals surface area contributed by atoms with Crippen LogP contribution in [0, 0.1) is 0 Å². The van der Waals surface area contributed by atoms with E-state index in [1.807, 2.05) is 0 Å². The van der Waals surface area contributed by atoms with Gasteiger partial charge in [-0.15, -0.1) is 0 Å². The molecular formula is C30H32ClF2N9O4. The van der Waals surface area contributed by atoms with Crippen molar-refractivity contribution in [1.29, 1.82) is 0 Å². The van der Waals surface area contributed by atoms with Crippen LogP contribution in [0.4, 0.5) is 14.5 Å². The van der Waals surface area contributed by atoms with Crippen LogP contribution in [0.25, 0.3) is 16.9 Å². The van der Waals surface area contributed by atoms with E-state index in [0.29, 0.717) is 18.7 Å². The minimum absolute atomic E-state index is 0.0213. The van der Waals surface area contributed by atoms with E-state index in [1.54, 1.807) is 24.2 Å². The molecule has 4 aromatic rings. The number of hydrogen-bond acceptors (Lipinski definition) is 8. The second-order valence-electron chi connectivity index (χ2n) is 11.1. The van der Waals surface area contributed by atoms with Crippen molar-refractivity contribution in [2.45, 2.75) is 50.9 Å². The van der Waals surface area contributed by atoms with Crippen LogP contribution in [0.1, 0.15) is 36.0 Å². The first-order valence-corrected chi connectivity index (χ1v) is 15.3. The van der Waals surface area contributed by atoms with E-state index in [1.165, 1.54) is 46.0 Å². The lowest BCUT2D eigenvalue weighted by Gasteiger charge is -2.38. The molecule has 1 unspecified atom stereocenters. The topological polar surface area (TPSA) is 139 Å². The first kappa shape index (κ1) is 31.4. The number of rotatable bonds is 9. The van der Waals surface area contributed by atoms with Crippen molar-refractivity contribution in [2.75, 3.05) is 32.0 Å². The maximum absolute atomic E-state index is 13.4. The maximum atomic E-state index is 13.4. The summed E-state index contributed by atoms with van der Waals surface area (Å²) >= 11 is 6.22. The maximum Gasteiger partial charge on any atom is 0.387 e. The molecule has 2 aliphatic rings. The second kappa shape index (κ2) is 13.4. The van der Waals surface area contributed by atoms with Crippen molar-refractivity contribution in [3.63, 3.8) is 0 Å². The number of benzene rings is 1. The molecule has 6 rings (SSSR count). The first-order valence-electron chi connectivity index (χ1n) is 14.9. The summed E-state index contributed by atoms with van der Waals surface area (Å²) in [5.41, 5.74) is 0.807. The minimum atomic E-state index is -3.12. The summed E-state index contributed by atoms with van der Waals surface area (Å²) in [5.74, 6) is -0.953. The molecule has 5 heterocycles. The SMILES string of the molecule is CNC(=O)C1CCCN1C1CCN(C(=O)Cn2cc(NC(=O)c3cnn4cccnc34)c(-c3cc(Cl)ccc3OC(F)F)n2)CC1. The standard InChI is InChI=1S/C30H32ClF2N9O4/c1-34-29(45)23-4-2-10-41(23)19-7-12-39(13-8-19)25(43)17-40-16-22(37-28(44)21-15-36-42-11-3-9-35-27(21)42)26(38-40)20-14-18(31)5-6-24(20)46-30(32)33/h3,5-6,9,11,14-16,19,23,30H,2,4,7-8,10,12-13,17H2,1H3,(H,34,45)(H,37,44). The van der Waals surface area contributed by atoms with Gasteiger partial charge in [-0.1, -0.05) is 11.6 Å². The fraction of sp³-hybridized carbons (Fsp3) is 0.400. The van der Waals surface area contributed by atoms with E-state index in [0.717, 1.165) is 32.2 Å². The number of likely N-dealkylation sites (N-methyl/N-ethyl adjacent to an activating group) is 1. The average molecular weight is 656 g/mol. The third-order valence-corrected chi connectivity index (χ3v) is 8.61. The number of aromatic nitrogens is 5. The molecule has 16 heteroatoms. The highest BCUT2D eigenvalue weighted by Gasteiger charge is 2.37. The molecule has 1 aromatic carbocycles. The van der Waals surface area contributed by atoms with Crippen LogP contribution in [-0.4, -0.2) is 97.3 Å². The molecule has 3 aromatic heterocycles. The van der Waals surface area contributed by atoms with Gasteiger partial charge in [0.25, 0.3) is 5.91 Å². The van der Waals surface area contributed by atoms with Gasteiger partial charge in [-0.25, -0.2) is 9.50 Å². The van der Waals surface area contributed by atoms with E-state index in [9.17, 15) is 23.2 Å². The monoisotopic (exact) mass is 655 g/mol. The van der Waals surface area contributed by atoms with E-state index < -0.39 is 12.5 Å². The Balaban J connectivity index is 1.23. The Morgan fingerprint density at radius 2 is 1.96 bits per heavy atom. The Morgan fingerprint density at radius 3 is 2.72 bits per heavy atom. The molecule has 2 fully saturated rings. The summed E-state index contributed by atoms with van der Waals surface area (Å²) in [7, 11) is 1.65. The Morgan fingerprint density at radius 1 is 1.15 bits per heavy atom. The molecule has 46 heavy (non-hydrogen) atoms. The molecule has 0 aliphatic carbocycles. The highest BCUT2D eigenvalue weighted by molar-refractivity contribution is 6.31. The van der Waals surface area contributed by atoms with Crippen LogP contribution < -0.4 is 15.4 Å². The fourth-order valence-electron chi connectivity index (χ4n) is 6.22. The summed E-state index contributed by atoms with van der Waals surface area (Å²) in [5, 5.41) is 14.4. The molecule has 13 nitrogen and oxygen atoms in total. The number of carbonyl (C=O) groups excluding carboxylic acids is 3. The Labute approximate surface area is 267 Å². The van der Waals surface area contributed by atoms with Crippen molar-refractivity contribution in [3.05, 3.63) is 59.6 Å². The number of piperidine rings is 1. The van der Waals surface area contributed by atoms with E-state index >= 15 is 0 Å². The summed E-state index contributed by atoms with van der Waals surface area (Å²) in [6.07, 6.45) is 9.23. The zero-order valence-corrected chi connectivity index (χ0v) is 25.7. The van der Waals surface area contributed by atoms with Gasteiger partial charge in [-0.05, 0) is 56.5 Å². The second-order valence-corrected chi connectivity index (χ2v) is 11.6. The third kappa shape index (κ3) is 6.51. The molecule has 0 radical (unpaired) electrons. The molecule has 0 spiro atoms. The van der Waals surface area contributed by atoms with Gasteiger partial charge in [0.2, 0.25) is 11.8 Å². The molecule has 2 aliphatic heterocycles. The van der Waals surface area contributed by atoms with Crippen LogP contribution in [0.2, 0.25) is 5.02 Å². The molecule has 3 amide bonds. The van der Waals surface area contributed by atoms with Gasteiger partial charge in [0.15, 0.2) is 5.65 Å². The number of carbonyl (C=O) groups is 3. The number of hydrogen-bond donors (Lipinski definition) is 2. The fourth-order valence-corrected chi connectivity index (χ4v) is 6.39. The van der Waals surface area contributed by atoms with Gasteiger partial charge in [0.1, 0.15) is 23.6 Å². The van der Waals surface area contributed by atoms with Crippen LogP contribution in [-0.2, 0) is 16.1 Å². The smallest absolute Gasteiger partial charge is 0.387 e. The van der Waals surface area contributed by atoms with E-state index in [-0.39, 0.29) is 63.7 Å². The number of anilines is 1. The molecule has 1 atom stereocenters. The van der Waals surface area contributed by atoms with E-state index in [4.69, 9.17) is 16.3 Å². The molecule has 0 saturated carbocycles. The summed E-state index contributed by atoms with van der Waals surface area (Å²) in [6, 6.07) is 5.81. The molecular weight excluding hydrogens is 624 g/mol. The number of halogens is 3. The number of likely N-dealkylation sites (tertiary alicyclic amines) is 2. The summed E-state index contributed by atoms with van der Waals surface area (Å²) in [4.78, 5) is 47.4. The Hall–Kier alpha value is -4.63. The number of ether oxygens (including phenoxy) is 1. The summed E-state index contributed by atoms with van der Waals surface area (Å²) in [6.45, 7) is -1.40. The number of alkyl halides is 2. The van der Waals surface area contributed by atoms with Crippen LogP contribution in [0.15, 0.2) is 49.1 Å². The predicted molar refractivity (Wildman–Crippen MR) is 164 cm³/mol. The molecule has 2 N–H and O–H groups in total. The molecule has 2 saturated heterocycles. The van der Waals surface area contributed by atoms with Crippen molar-refractivity contribution in [1.82, 2.24) is 39.5 Å². The molecule has 242 valence electrons. The first-order chi connectivity index (χ1) is 22.2. The number of nitrogens with zero attached hydrogens (tertiary/aromatic N) is 7. The lowest BCUT2D eigenvalue weighted by atomic mass is 10.0. The van der Waals surface area contributed by atoms with Crippen molar-refractivity contribution in [2.24, 2.45) is 0 Å². The van der Waals surface area contributed by atoms with Crippen LogP contribution >= 0.6 is 11.6 Å². The lowest BCUT2D eigenvalue weighted by Crippen LogP contribution is -2.52. The zero-order chi connectivity index (χ0) is 32.4. The molecule has 0 bridgehead atoms. The highest BCUT2D eigenvalue weighted by Crippen LogP contribution is 2.37. The van der Waals surface area contributed by atoms with Crippen molar-refractivity contribution in [3.8, 4) is 17.0 Å². The zero-order valence-electron chi connectivity index (χ0n) is 24.9. The Bertz CT molecular complexity index is 1760. The summed E-state index contributed by atoms with van der Waals surface area (Å²) < 4.78 is 34.1. The van der Waals surface area contributed by atoms with Crippen molar-refractivity contribution < 1.29 is 27.9 Å².